The minimum atomic E-state index is -0.844. The molecule has 3 rings (SSSR count). The highest BCUT2D eigenvalue weighted by Gasteiger charge is 2.42. The number of carbonyl (C=O) groups excluding carboxylic acids is 1. The molecule has 0 aliphatic carbocycles. The summed E-state index contributed by atoms with van der Waals surface area (Å²) in [5.41, 5.74) is 0.658. The molecule has 5 heteroatoms. The molecule has 2 heterocycles. The van der Waals surface area contributed by atoms with Crippen molar-refractivity contribution in [1.82, 2.24) is 9.47 Å². The van der Waals surface area contributed by atoms with Gasteiger partial charge in [0.05, 0.1) is 5.41 Å². The highest BCUT2D eigenvalue weighted by atomic mass is 16.4. The molecular weight excluding hydrogens is 280 g/mol. The molecule has 1 aromatic heterocycles. The molecular formula is C17H18N2O3. The van der Waals surface area contributed by atoms with Gasteiger partial charge in [0, 0.05) is 36.7 Å². The van der Waals surface area contributed by atoms with E-state index in [1.165, 1.54) is 0 Å². The molecule has 1 amide bonds. The zero-order valence-corrected chi connectivity index (χ0v) is 12.4. The van der Waals surface area contributed by atoms with Crippen LogP contribution in [-0.2, 0) is 4.79 Å². The lowest BCUT2D eigenvalue weighted by atomic mass is 9.90. The first-order chi connectivity index (χ1) is 10.5. The molecule has 0 radical (unpaired) electrons. The standard InChI is InChI=1S/C17H18N2O3/c1-17(16(21)22)7-10-19(12-17)15(20)13-5-4-6-14(11-13)18-8-2-3-9-18/h2-6,8-9,11H,7,10,12H2,1H3,(H,21,22)/t17-/m1/s1. The highest BCUT2D eigenvalue weighted by Crippen LogP contribution is 2.31. The third kappa shape index (κ3) is 2.50. The second-order valence-corrected chi connectivity index (χ2v) is 5.98. The summed E-state index contributed by atoms with van der Waals surface area (Å²) in [6.07, 6.45) is 4.33. The van der Waals surface area contributed by atoms with Crippen molar-refractivity contribution in [3.05, 3.63) is 54.4 Å². The highest BCUT2D eigenvalue weighted by molar-refractivity contribution is 5.95. The van der Waals surface area contributed by atoms with Crippen molar-refractivity contribution in [2.24, 2.45) is 5.41 Å². The Balaban J connectivity index is 1.82. The van der Waals surface area contributed by atoms with Crippen molar-refractivity contribution >= 4 is 11.9 Å². The van der Waals surface area contributed by atoms with Gasteiger partial charge in [0.25, 0.3) is 5.91 Å². The van der Waals surface area contributed by atoms with Gasteiger partial charge in [-0.15, -0.1) is 0 Å². The molecule has 0 unspecified atom stereocenters. The Morgan fingerprint density at radius 3 is 2.55 bits per heavy atom. The summed E-state index contributed by atoms with van der Waals surface area (Å²) < 4.78 is 1.93. The first kappa shape index (κ1) is 14.4. The van der Waals surface area contributed by atoms with E-state index in [1.54, 1.807) is 17.9 Å². The van der Waals surface area contributed by atoms with Gasteiger partial charge < -0.3 is 14.6 Å². The fourth-order valence-electron chi connectivity index (χ4n) is 2.80. The molecule has 1 aliphatic rings. The number of rotatable bonds is 3. The molecule has 22 heavy (non-hydrogen) atoms. The summed E-state index contributed by atoms with van der Waals surface area (Å²) in [6.45, 7) is 2.43. The molecule has 0 saturated carbocycles. The van der Waals surface area contributed by atoms with Crippen molar-refractivity contribution in [3.8, 4) is 5.69 Å². The van der Waals surface area contributed by atoms with Gasteiger partial charge in [0.1, 0.15) is 0 Å². The zero-order valence-electron chi connectivity index (χ0n) is 12.4. The van der Waals surface area contributed by atoms with Gasteiger partial charge in [-0.1, -0.05) is 6.07 Å². The van der Waals surface area contributed by atoms with Gasteiger partial charge in [0.15, 0.2) is 0 Å². The maximum absolute atomic E-state index is 12.6. The summed E-state index contributed by atoms with van der Waals surface area (Å²) in [6, 6.07) is 11.2. The van der Waals surface area contributed by atoms with Gasteiger partial charge in [-0.05, 0) is 43.7 Å². The predicted octanol–water partition coefficient (Wildman–Crippen LogP) is 2.41. The van der Waals surface area contributed by atoms with Crippen molar-refractivity contribution < 1.29 is 14.7 Å². The number of hydrogen-bond donors (Lipinski definition) is 1. The summed E-state index contributed by atoms with van der Waals surface area (Å²) >= 11 is 0. The first-order valence-corrected chi connectivity index (χ1v) is 7.26. The molecule has 1 fully saturated rings. The van der Waals surface area contributed by atoms with Crippen LogP contribution in [0.1, 0.15) is 23.7 Å². The number of carbonyl (C=O) groups is 2. The van der Waals surface area contributed by atoms with Gasteiger partial charge in [-0.25, -0.2) is 0 Å². The quantitative estimate of drug-likeness (QED) is 0.946. The maximum Gasteiger partial charge on any atom is 0.311 e. The van der Waals surface area contributed by atoms with Crippen LogP contribution in [-0.4, -0.2) is 39.5 Å². The van der Waals surface area contributed by atoms with E-state index < -0.39 is 11.4 Å². The van der Waals surface area contributed by atoms with Crippen LogP contribution in [0.2, 0.25) is 0 Å². The van der Waals surface area contributed by atoms with E-state index in [1.807, 2.05) is 47.3 Å². The molecule has 1 N–H and O–H groups in total. The second-order valence-electron chi connectivity index (χ2n) is 5.98. The van der Waals surface area contributed by atoms with Crippen LogP contribution in [0, 0.1) is 5.41 Å². The molecule has 5 nitrogen and oxygen atoms in total. The Morgan fingerprint density at radius 1 is 1.18 bits per heavy atom. The van der Waals surface area contributed by atoms with Crippen LogP contribution >= 0.6 is 0 Å². The number of benzene rings is 1. The van der Waals surface area contributed by atoms with E-state index in [9.17, 15) is 14.7 Å². The van der Waals surface area contributed by atoms with Crippen molar-refractivity contribution in [1.29, 1.82) is 0 Å². The monoisotopic (exact) mass is 298 g/mol. The summed E-state index contributed by atoms with van der Waals surface area (Å²) in [5, 5.41) is 9.27. The zero-order chi connectivity index (χ0) is 15.7. The lowest BCUT2D eigenvalue weighted by molar-refractivity contribution is -0.147. The minimum absolute atomic E-state index is 0.112. The number of nitrogens with zero attached hydrogens (tertiary/aromatic N) is 2. The number of aromatic nitrogens is 1. The van der Waals surface area contributed by atoms with E-state index in [-0.39, 0.29) is 12.5 Å². The van der Waals surface area contributed by atoms with E-state index in [4.69, 9.17) is 0 Å². The van der Waals surface area contributed by atoms with E-state index >= 15 is 0 Å². The first-order valence-electron chi connectivity index (χ1n) is 7.26. The predicted molar refractivity (Wildman–Crippen MR) is 82.0 cm³/mol. The average Bonchev–Trinajstić information content (AvgIpc) is 3.17. The molecule has 1 aromatic carbocycles. The second kappa shape index (κ2) is 5.33. The number of carboxylic acid groups (broad SMARTS) is 1. The topological polar surface area (TPSA) is 62.5 Å². The molecule has 0 spiro atoms. The average molecular weight is 298 g/mol. The molecule has 1 atom stereocenters. The van der Waals surface area contributed by atoms with Gasteiger partial charge >= 0.3 is 5.97 Å². The molecule has 2 aromatic rings. The van der Waals surface area contributed by atoms with Gasteiger partial charge in [0.2, 0.25) is 0 Å². The Morgan fingerprint density at radius 2 is 1.91 bits per heavy atom. The summed E-state index contributed by atoms with van der Waals surface area (Å²) in [7, 11) is 0. The Labute approximate surface area is 128 Å². The molecule has 1 saturated heterocycles. The summed E-state index contributed by atoms with van der Waals surface area (Å²) in [4.78, 5) is 25.5. The number of amides is 1. The lowest BCUT2D eigenvalue weighted by Crippen LogP contribution is -2.34. The van der Waals surface area contributed by atoms with Crippen LogP contribution in [0.4, 0.5) is 0 Å². The smallest absolute Gasteiger partial charge is 0.311 e. The fraction of sp³-hybridized carbons (Fsp3) is 0.294. The van der Waals surface area contributed by atoms with Crippen LogP contribution in [0.25, 0.3) is 5.69 Å². The van der Waals surface area contributed by atoms with Crippen LogP contribution in [0.15, 0.2) is 48.8 Å². The van der Waals surface area contributed by atoms with E-state index in [0.717, 1.165) is 5.69 Å². The number of aliphatic carboxylic acids is 1. The SMILES string of the molecule is C[C@@]1(C(=O)O)CCN(C(=O)c2cccc(-n3cccc3)c2)C1. The largest absolute Gasteiger partial charge is 0.481 e. The minimum Gasteiger partial charge on any atom is -0.481 e. The Kier molecular flexibility index (Phi) is 3.48. The Bertz CT molecular complexity index is 708. The van der Waals surface area contributed by atoms with Gasteiger partial charge in [-0.3, -0.25) is 9.59 Å². The molecule has 0 bridgehead atoms. The van der Waals surface area contributed by atoms with E-state index in [0.29, 0.717) is 18.5 Å². The normalized spacial score (nSPS) is 21.0. The summed E-state index contributed by atoms with van der Waals surface area (Å²) in [5.74, 6) is -0.956. The van der Waals surface area contributed by atoms with Crippen LogP contribution in [0.5, 0.6) is 0 Å². The number of hydrogen-bond acceptors (Lipinski definition) is 2. The van der Waals surface area contributed by atoms with Crippen LogP contribution in [0.3, 0.4) is 0 Å². The van der Waals surface area contributed by atoms with Crippen molar-refractivity contribution in [2.45, 2.75) is 13.3 Å². The van der Waals surface area contributed by atoms with Crippen LogP contribution < -0.4 is 0 Å². The fourth-order valence-corrected chi connectivity index (χ4v) is 2.80. The third-order valence-electron chi connectivity index (χ3n) is 4.27. The number of likely N-dealkylation sites (tertiary alicyclic amines) is 1. The Hall–Kier alpha value is -2.56. The van der Waals surface area contributed by atoms with Crippen molar-refractivity contribution in [3.63, 3.8) is 0 Å². The molecule has 114 valence electrons. The van der Waals surface area contributed by atoms with Crippen molar-refractivity contribution in [2.75, 3.05) is 13.1 Å². The maximum atomic E-state index is 12.6. The number of carboxylic acids is 1. The van der Waals surface area contributed by atoms with E-state index in [2.05, 4.69) is 0 Å². The lowest BCUT2D eigenvalue weighted by Gasteiger charge is -2.20. The third-order valence-corrected chi connectivity index (χ3v) is 4.27. The molecule has 1 aliphatic heterocycles. The van der Waals surface area contributed by atoms with Gasteiger partial charge in [-0.2, -0.15) is 0 Å².